The van der Waals surface area contributed by atoms with Gasteiger partial charge >= 0.3 is 0 Å². The van der Waals surface area contributed by atoms with Crippen molar-refractivity contribution in [3.8, 4) is 0 Å². The van der Waals surface area contributed by atoms with Gasteiger partial charge < -0.3 is 20.3 Å². The van der Waals surface area contributed by atoms with Crippen molar-refractivity contribution >= 4 is 51.8 Å². The van der Waals surface area contributed by atoms with Gasteiger partial charge in [-0.25, -0.2) is 30.3 Å². The third kappa shape index (κ3) is 7.06. The Labute approximate surface area is 247 Å². The van der Waals surface area contributed by atoms with Crippen LogP contribution in [0.25, 0.3) is 10.9 Å². The molecule has 1 unspecified atom stereocenters. The number of hydrogen-bond acceptors (Lipinski definition) is 12. The van der Waals surface area contributed by atoms with E-state index in [1.54, 1.807) is 6.20 Å². The third-order valence-electron chi connectivity index (χ3n) is 7.39. The molecule has 5 heterocycles. The summed E-state index contributed by atoms with van der Waals surface area (Å²) in [6, 6.07) is 7.96. The molecule has 4 N–H and O–H groups in total. The lowest BCUT2D eigenvalue weighted by molar-refractivity contribution is -0.186. The SMILES string of the molecule is CSc1nc(NCC2CCN(c3ncc(C(=O)NOC4CCCCO4)cn3)CC2)cc(Nc2ccc3[nH]ncc3c2)n1. The molecule has 1 amide bonds. The Balaban J connectivity index is 0.982. The lowest BCUT2D eigenvalue weighted by Crippen LogP contribution is -2.37. The molecular formula is C28H34N10O3S. The number of amides is 1. The summed E-state index contributed by atoms with van der Waals surface area (Å²) in [4.78, 5) is 38.0. The highest BCUT2D eigenvalue weighted by Gasteiger charge is 2.22. The van der Waals surface area contributed by atoms with Crippen LogP contribution in [0, 0.1) is 5.92 Å². The number of ether oxygens (including phenoxy) is 1. The highest BCUT2D eigenvalue weighted by Crippen LogP contribution is 2.25. The Morgan fingerprint density at radius 1 is 1.10 bits per heavy atom. The van der Waals surface area contributed by atoms with Gasteiger partial charge in [-0.15, -0.1) is 0 Å². The van der Waals surface area contributed by atoms with E-state index in [0.717, 1.165) is 80.0 Å². The topological polar surface area (TPSA) is 155 Å². The van der Waals surface area contributed by atoms with E-state index in [4.69, 9.17) is 9.57 Å². The van der Waals surface area contributed by atoms with Crippen molar-refractivity contribution in [2.45, 2.75) is 43.6 Å². The van der Waals surface area contributed by atoms with Gasteiger partial charge in [0.2, 0.25) is 5.95 Å². The van der Waals surface area contributed by atoms with Crippen LogP contribution in [0.3, 0.4) is 0 Å². The normalized spacial score (nSPS) is 17.7. The molecule has 1 atom stereocenters. The average molecular weight is 591 g/mol. The number of hydroxylamine groups is 1. The molecule has 220 valence electrons. The minimum Gasteiger partial charge on any atom is -0.370 e. The van der Waals surface area contributed by atoms with Crippen LogP contribution in [0.1, 0.15) is 42.5 Å². The molecule has 6 rings (SSSR count). The van der Waals surface area contributed by atoms with Crippen LogP contribution in [0.4, 0.5) is 23.3 Å². The number of hydrogen-bond donors (Lipinski definition) is 4. The van der Waals surface area contributed by atoms with E-state index in [2.05, 4.69) is 51.1 Å². The molecule has 2 aliphatic rings. The molecule has 42 heavy (non-hydrogen) atoms. The Kier molecular flexibility index (Phi) is 8.92. The Bertz CT molecular complexity index is 1490. The highest BCUT2D eigenvalue weighted by molar-refractivity contribution is 7.98. The van der Waals surface area contributed by atoms with Crippen molar-refractivity contribution < 1.29 is 14.4 Å². The van der Waals surface area contributed by atoms with E-state index < -0.39 is 6.29 Å². The summed E-state index contributed by atoms with van der Waals surface area (Å²) in [5, 5.41) is 15.7. The lowest BCUT2D eigenvalue weighted by Gasteiger charge is -2.32. The van der Waals surface area contributed by atoms with Gasteiger partial charge in [0, 0.05) is 62.2 Å². The summed E-state index contributed by atoms with van der Waals surface area (Å²) in [5.74, 6) is 2.25. The number of aromatic nitrogens is 6. The number of nitrogens with zero attached hydrogens (tertiary/aromatic N) is 6. The van der Waals surface area contributed by atoms with Crippen LogP contribution in [-0.4, -0.2) is 74.8 Å². The quantitative estimate of drug-likeness (QED) is 0.119. The summed E-state index contributed by atoms with van der Waals surface area (Å²) < 4.78 is 5.47. The Hall–Kier alpha value is -4.01. The molecule has 0 aliphatic carbocycles. The van der Waals surface area contributed by atoms with Gasteiger partial charge in [0.25, 0.3) is 5.91 Å². The fraction of sp³-hybridized carbons (Fsp3) is 0.429. The van der Waals surface area contributed by atoms with Crippen molar-refractivity contribution in [1.29, 1.82) is 0 Å². The molecule has 3 aromatic heterocycles. The molecule has 0 bridgehead atoms. The van der Waals surface area contributed by atoms with Crippen molar-refractivity contribution in [3.05, 3.63) is 48.4 Å². The summed E-state index contributed by atoms with van der Waals surface area (Å²) >= 11 is 1.51. The van der Waals surface area contributed by atoms with Crippen molar-refractivity contribution in [3.63, 3.8) is 0 Å². The number of fused-ring (bicyclic) bond motifs is 1. The number of H-pyrrole nitrogens is 1. The second-order valence-electron chi connectivity index (χ2n) is 10.4. The first-order valence-corrected chi connectivity index (χ1v) is 15.4. The van der Waals surface area contributed by atoms with Crippen LogP contribution in [0.5, 0.6) is 0 Å². The van der Waals surface area contributed by atoms with E-state index in [-0.39, 0.29) is 5.91 Å². The van der Waals surface area contributed by atoms with Crippen LogP contribution in [0.15, 0.2) is 48.0 Å². The fourth-order valence-corrected chi connectivity index (χ4v) is 5.39. The number of piperidine rings is 1. The van der Waals surface area contributed by atoms with Gasteiger partial charge in [0.1, 0.15) is 11.6 Å². The number of rotatable bonds is 10. The van der Waals surface area contributed by atoms with E-state index in [9.17, 15) is 4.79 Å². The van der Waals surface area contributed by atoms with E-state index in [1.165, 1.54) is 24.2 Å². The van der Waals surface area contributed by atoms with Crippen molar-refractivity contribution in [2.75, 3.05) is 48.0 Å². The first kappa shape index (κ1) is 28.1. The number of thioether (sulfide) groups is 1. The molecule has 0 spiro atoms. The first-order chi connectivity index (χ1) is 20.6. The summed E-state index contributed by atoms with van der Waals surface area (Å²) in [6.07, 6.45) is 11.2. The molecular weight excluding hydrogens is 556 g/mol. The zero-order valence-corrected chi connectivity index (χ0v) is 24.2. The number of carbonyl (C=O) groups excluding carboxylic acids is 1. The molecule has 2 aliphatic heterocycles. The predicted molar refractivity (Wildman–Crippen MR) is 161 cm³/mol. The molecule has 14 heteroatoms. The first-order valence-electron chi connectivity index (χ1n) is 14.1. The highest BCUT2D eigenvalue weighted by atomic mass is 32.2. The van der Waals surface area contributed by atoms with E-state index >= 15 is 0 Å². The second-order valence-corrected chi connectivity index (χ2v) is 11.1. The largest absolute Gasteiger partial charge is 0.370 e. The zero-order valence-electron chi connectivity index (χ0n) is 23.4. The molecule has 2 fully saturated rings. The maximum absolute atomic E-state index is 12.4. The lowest BCUT2D eigenvalue weighted by atomic mass is 9.97. The number of anilines is 4. The minimum absolute atomic E-state index is 0.346. The van der Waals surface area contributed by atoms with Crippen LogP contribution in [-0.2, 0) is 9.57 Å². The number of nitrogens with one attached hydrogen (secondary N) is 4. The molecule has 13 nitrogen and oxygen atoms in total. The Morgan fingerprint density at radius 2 is 1.93 bits per heavy atom. The maximum atomic E-state index is 12.4. The van der Waals surface area contributed by atoms with E-state index in [1.807, 2.05) is 30.5 Å². The van der Waals surface area contributed by atoms with Gasteiger partial charge in [-0.05, 0) is 56.1 Å². The maximum Gasteiger partial charge on any atom is 0.278 e. The predicted octanol–water partition coefficient (Wildman–Crippen LogP) is 4.12. The minimum atomic E-state index is -0.400. The van der Waals surface area contributed by atoms with Crippen LogP contribution >= 0.6 is 11.8 Å². The van der Waals surface area contributed by atoms with Crippen LogP contribution in [0.2, 0.25) is 0 Å². The third-order valence-corrected chi connectivity index (χ3v) is 7.94. The van der Waals surface area contributed by atoms with Gasteiger partial charge in [0.05, 0.1) is 17.3 Å². The van der Waals surface area contributed by atoms with Gasteiger partial charge in [0.15, 0.2) is 11.4 Å². The van der Waals surface area contributed by atoms with Gasteiger partial charge in [-0.2, -0.15) is 5.10 Å². The van der Waals surface area contributed by atoms with Crippen molar-refractivity contribution in [2.24, 2.45) is 5.92 Å². The molecule has 2 saturated heterocycles. The summed E-state index contributed by atoms with van der Waals surface area (Å²) in [6.45, 7) is 3.13. The fourth-order valence-electron chi connectivity index (χ4n) is 5.01. The average Bonchev–Trinajstić information content (AvgIpc) is 3.51. The van der Waals surface area contributed by atoms with E-state index in [0.29, 0.717) is 29.2 Å². The van der Waals surface area contributed by atoms with Gasteiger partial charge in [-0.1, -0.05) is 11.8 Å². The number of aromatic amines is 1. The van der Waals surface area contributed by atoms with Crippen molar-refractivity contribution in [1.82, 2.24) is 35.6 Å². The number of carbonyl (C=O) groups is 1. The smallest absolute Gasteiger partial charge is 0.278 e. The number of benzene rings is 1. The zero-order chi connectivity index (χ0) is 28.7. The second kappa shape index (κ2) is 13.3. The molecule has 1 aromatic carbocycles. The Morgan fingerprint density at radius 3 is 2.71 bits per heavy atom. The molecule has 0 saturated carbocycles. The molecule has 0 radical (unpaired) electrons. The van der Waals surface area contributed by atoms with Crippen LogP contribution < -0.4 is 21.0 Å². The summed E-state index contributed by atoms with van der Waals surface area (Å²) in [5.41, 5.74) is 4.72. The van der Waals surface area contributed by atoms with Gasteiger partial charge in [-0.3, -0.25) is 9.89 Å². The standard InChI is InChI=1S/C28H34N10O3S/c1-42-28-34-23(13-24(35-28)33-21-5-6-22-19(12-21)17-32-36-22)29-14-18-7-9-38(10-8-18)27-30-15-20(16-31-27)26(39)37-41-25-4-2-3-11-40-25/h5-6,12-13,15-18,25H,2-4,7-11,14H2,1H3,(H,32,36)(H,37,39)(H2,29,33,34,35). The monoisotopic (exact) mass is 590 g/mol. The molecule has 4 aromatic rings. The summed E-state index contributed by atoms with van der Waals surface area (Å²) in [7, 11) is 0.